The molecule has 0 bridgehead atoms. The van der Waals surface area contributed by atoms with Crippen LogP contribution < -0.4 is 4.90 Å². The Morgan fingerprint density at radius 3 is 2.48 bits per heavy atom. The van der Waals surface area contributed by atoms with Crippen LogP contribution in [0.3, 0.4) is 0 Å². The first-order valence-corrected chi connectivity index (χ1v) is 14.5. The van der Waals surface area contributed by atoms with Crippen LogP contribution in [0, 0.1) is 5.82 Å². The van der Waals surface area contributed by atoms with E-state index in [2.05, 4.69) is 17.9 Å². The zero-order valence-corrected chi connectivity index (χ0v) is 24.5. The summed E-state index contributed by atoms with van der Waals surface area (Å²) in [6.45, 7) is 7.25. The molecule has 2 unspecified atom stereocenters. The number of hydrogen-bond acceptors (Lipinski definition) is 8. The summed E-state index contributed by atoms with van der Waals surface area (Å²) < 4.78 is 54.0. The van der Waals surface area contributed by atoms with Crippen molar-refractivity contribution in [3.8, 4) is 11.1 Å². The van der Waals surface area contributed by atoms with E-state index in [1.807, 2.05) is 0 Å². The minimum atomic E-state index is -4.60. The number of hydrogen-bond donors (Lipinski definition) is 2. The number of carbonyl (C=O) groups excluding carboxylic acids is 1. The van der Waals surface area contributed by atoms with E-state index in [4.69, 9.17) is 16.3 Å². The van der Waals surface area contributed by atoms with Crippen molar-refractivity contribution >= 4 is 39.0 Å². The van der Waals surface area contributed by atoms with Crippen molar-refractivity contribution in [1.29, 1.82) is 0 Å². The van der Waals surface area contributed by atoms with Gasteiger partial charge in [0.05, 0.1) is 30.0 Å². The molecule has 0 radical (unpaired) electrons. The van der Waals surface area contributed by atoms with Crippen molar-refractivity contribution in [3.63, 3.8) is 0 Å². The van der Waals surface area contributed by atoms with Gasteiger partial charge in [-0.3, -0.25) is 0 Å². The monoisotopic (exact) mass is 616 g/mol. The number of rotatable bonds is 9. The highest BCUT2D eigenvalue weighted by Crippen LogP contribution is 2.47. The van der Waals surface area contributed by atoms with Crippen LogP contribution in [-0.2, 0) is 19.5 Å². The molecular formula is C30H30ClFN2O7S. The quantitative estimate of drug-likeness (QED) is 0.259. The molecule has 1 aliphatic heterocycles. The lowest BCUT2D eigenvalue weighted by Crippen LogP contribution is -2.67. The number of methoxy groups -OCH3 is 1. The van der Waals surface area contributed by atoms with Crippen LogP contribution in [0.1, 0.15) is 16.8 Å². The Labute approximate surface area is 248 Å². The van der Waals surface area contributed by atoms with E-state index in [1.165, 1.54) is 41.3 Å². The highest BCUT2D eigenvalue weighted by atomic mass is 35.5. The van der Waals surface area contributed by atoms with Gasteiger partial charge in [-0.15, -0.1) is 13.2 Å². The first kappa shape index (κ1) is 31.4. The van der Waals surface area contributed by atoms with Gasteiger partial charge in [-0.2, -0.15) is 4.31 Å². The molecule has 0 saturated heterocycles. The number of benzene rings is 3. The third-order valence-electron chi connectivity index (χ3n) is 7.06. The fourth-order valence-electron chi connectivity index (χ4n) is 4.88. The average Bonchev–Trinajstić information content (AvgIpc) is 3.02. The maximum absolute atomic E-state index is 14.4. The van der Waals surface area contributed by atoms with Crippen LogP contribution in [-0.4, -0.2) is 67.7 Å². The van der Waals surface area contributed by atoms with E-state index in [9.17, 15) is 27.8 Å². The molecule has 42 heavy (non-hydrogen) atoms. The van der Waals surface area contributed by atoms with Gasteiger partial charge >= 0.3 is 5.97 Å². The second-order valence-electron chi connectivity index (χ2n) is 9.46. The molecular weight excluding hydrogens is 587 g/mol. The van der Waals surface area contributed by atoms with E-state index in [0.717, 1.165) is 20.2 Å². The largest absolute Gasteiger partial charge is 0.465 e. The fourth-order valence-corrected chi connectivity index (χ4v) is 6.73. The molecule has 2 N–H and O–H groups in total. The molecule has 0 aliphatic carbocycles. The number of likely N-dealkylation sites (N-methyl/N-ethyl adjacent to an activating group) is 1. The number of nitrogens with zero attached hydrogens (tertiary/aromatic N) is 2. The number of halogens is 2. The summed E-state index contributed by atoms with van der Waals surface area (Å²) in [5, 5.41) is 24.1. The molecule has 0 aromatic heterocycles. The Kier molecular flexibility index (Phi) is 9.21. The summed E-state index contributed by atoms with van der Waals surface area (Å²) in [5.41, 5.74) is -2.24. The van der Waals surface area contributed by atoms with Crippen molar-refractivity contribution in [1.82, 2.24) is 4.31 Å². The zero-order chi connectivity index (χ0) is 30.8. The molecule has 1 heterocycles. The van der Waals surface area contributed by atoms with E-state index in [0.29, 0.717) is 9.99 Å². The summed E-state index contributed by atoms with van der Waals surface area (Å²) in [6.07, 6.45) is -0.352. The van der Waals surface area contributed by atoms with Gasteiger partial charge in [0.1, 0.15) is 16.8 Å². The Morgan fingerprint density at radius 1 is 1.17 bits per heavy atom. The highest BCUT2D eigenvalue weighted by Gasteiger charge is 2.57. The first-order chi connectivity index (χ1) is 19.9. The minimum absolute atomic E-state index is 0.0261. The molecule has 3 aromatic carbocycles. The molecule has 0 amide bonds. The maximum Gasteiger partial charge on any atom is 0.340 e. The zero-order valence-electron chi connectivity index (χ0n) is 22.9. The van der Waals surface area contributed by atoms with Crippen LogP contribution in [0.25, 0.3) is 11.1 Å². The van der Waals surface area contributed by atoms with Gasteiger partial charge in [0.15, 0.2) is 6.23 Å². The normalized spacial score (nSPS) is 20.7. The standard InChI is InChI=1S/C30H30ClFN2O7S/c1-5-10-27(41-15-6-2)30(37)29(36)34(20-11-8-7-9-12-20)25-18-23(31)21(17-26(25)42(38,39)33(30)3)19-13-14-24(32)22(16-19)28(35)40-4/h5-9,11-14,16-18,27,29,36-37H,1-2,10,15H2,3-4H3/t27?,29?,30-/m0/s1. The van der Waals surface area contributed by atoms with Gasteiger partial charge in [-0.25, -0.2) is 17.6 Å². The van der Waals surface area contributed by atoms with E-state index >= 15 is 0 Å². The molecule has 0 spiro atoms. The van der Waals surface area contributed by atoms with Gasteiger partial charge in [-0.1, -0.05) is 48.0 Å². The Morgan fingerprint density at radius 2 is 1.86 bits per heavy atom. The minimum Gasteiger partial charge on any atom is -0.465 e. The van der Waals surface area contributed by atoms with Crippen LogP contribution in [0.5, 0.6) is 0 Å². The van der Waals surface area contributed by atoms with Crippen LogP contribution in [0.2, 0.25) is 5.02 Å². The molecule has 9 nitrogen and oxygen atoms in total. The third-order valence-corrected chi connectivity index (χ3v) is 9.27. The van der Waals surface area contributed by atoms with Gasteiger partial charge in [0.2, 0.25) is 15.7 Å². The summed E-state index contributed by atoms with van der Waals surface area (Å²) >= 11 is 6.70. The van der Waals surface area contributed by atoms with Gasteiger partial charge in [0.25, 0.3) is 0 Å². The van der Waals surface area contributed by atoms with Crippen molar-refractivity contribution in [2.45, 2.75) is 29.4 Å². The lowest BCUT2D eigenvalue weighted by Gasteiger charge is -2.45. The highest BCUT2D eigenvalue weighted by molar-refractivity contribution is 7.89. The SMILES string of the molecule is C=CCOC(CC=C)[C@]1(O)C(O)N(c2ccccc2)c2cc(Cl)c(-c3ccc(F)c(C(=O)OC)c3)cc2S(=O)(=O)N1C. The second kappa shape index (κ2) is 12.3. The summed E-state index contributed by atoms with van der Waals surface area (Å²) in [4.78, 5) is 13.1. The third kappa shape index (κ3) is 5.35. The van der Waals surface area contributed by atoms with Crippen molar-refractivity contribution in [3.05, 3.63) is 102 Å². The lowest BCUT2D eigenvalue weighted by molar-refractivity contribution is -0.208. The van der Waals surface area contributed by atoms with Crippen molar-refractivity contribution < 1.29 is 37.3 Å². The lowest BCUT2D eigenvalue weighted by atomic mass is 9.98. The van der Waals surface area contributed by atoms with Crippen LogP contribution in [0.4, 0.5) is 15.8 Å². The molecule has 3 atom stereocenters. The fraction of sp³-hybridized carbons (Fsp3) is 0.233. The number of anilines is 2. The van der Waals surface area contributed by atoms with Gasteiger partial charge in [-0.05, 0) is 48.4 Å². The molecule has 1 aliphatic rings. The summed E-state index contributed by atoms with van der Waals surface area (Å²) in [6, 6.07) is 14.5. The average molecular weight is 617 g/mol. The van der Waals surface area contributed by atoms with E-state index in [-0.39, 0.29) is 45.3 Å². The number of aliphatic hydroxyl groups excluding tert-OH is 1. The summed E-state index contributed by atoms with van der Waals surface area (Å²) in [5.74, 6) is -1.76. The molecule has 12 heteroatoms. The number of carbonyl (C=O) groups is 1. The number of ether oxygens (including phenoxy) is 2. The number of esters is 1. The van der Waals surface area contributed by atoms with Crippen molar-refractivity contribution in [2.75, 3.05) is 25.7 Å². The number of sulfonamides is 1. The number of para-hydroxylation sites is 1. The topological polar surface area (TPSA) is 117 Å². The Hall–Kier alpha value is -3.58. The predicted molar refractivity (Wildman–Crippen MR) is 157 cm³/mol. The molecule has 222 valence electrons. The van der Waals surface area contributed by atoms with E-state index in [1.54, 1.807) is 30.3 Å². The maximum atomic E-state index is 14.4. The van der Waals surface area contributed by atoms with E-state index < -0.39 is 39.9 Å². The molecule has 0 fully saturated rings. The second-order valence-corrected chi connectivity index (χ2v) is 11.8. The van der Waals surface area contributed by atoms with Crippen LogP contribution in [0.15, 0.2) is 90.9 Å². The molecule has 0 saturated carbocycles. The van der Waals surface area contributed by atoms with Gasteiger partial charge in [0, 0.05) is 18.3 Å². The molecule has 3 aromatic rings. The predicted octanol–water partition coefficient (Wildman–Crippen LogP) is 4.86. The van der Waals surface area contributed by atoms with Crippen molar-refractivity contribution in [2.24, 2.45) is 0 Å². The Balaban J connectivity index is 2.04. The molecule has 4 rings (SSSR count). The number of fused-ring (bicyclic) bond motifs is 1. The number of aliphatic hydroxyl groups is 2. The first-order valence-electron chi connectivity index (χ1n) is 12.7. The Bertz CT molecular complexity index is 1620. The summed E-state index contributed by atoms with van der Waals surface area (Å²) in [7, 11) is -2.36. The smallest absolute Gasteiger partial charge is 0.340 e. The van der Waals surface area contributed by atoms with Gasteiger partial charge < -0.3 is 24.6 Å². The van der Waals surface area contributed by atoms with Crippen LogP contribution >= 0.6 is 11.6 Å².